The summed E-state index contributed by atoms with van der Waals surface area (Å²) in [5, 5.41) is 0. The Balaban J connectivity index is 4.32. The lowest BCUT2D eigenvalue weighted by Crippen LogP contribution is -2.44. The quantitative estimate of drug-likeness (QED) is 0.479. The molecule has 0 rings (SSSR count). The molecule has 2 atom stereocenters. The predicted molar refractivity (Wildman–Crippen MR) is 64.1 cm³/mol. The highest BCUT2D eigenvalue weighted by molar-refractivity contribution is 4.91. The first-order valence-corrected chi connectivity index (χ1v) is 5.35. The Morgan fingerprint density at radius 2 is 0.857 bits per heavy atom. The lowest BCUT2D eigenvalue weighted by atomic mass is 10.2. The summed E-state index contributed by atoms with van der Waals surface area (Å²) in [5.74, 6) is 0. The molecule has 0 aromatic heterocycles. The van der Waals surface area contributed by atoms with Gasteiger partial charge in [0.15, 0.2) is 0 Å². The minimum Gasteiger partial charge on any atom is -0.325 e. The maximum Gasteiger partial charge on any atom is 0.104 e. The highest BCUT2D eigenvalue weighted by Gasteiger charge is 2.18. The molecule has 0 aliphatic carbocycles. The van der Waals surface area contributed by atoms with Crippen molar-refractivity contribution in [1.82, 2.24) is 0 Å². The van der Waals surface area contributed by atoms with Crippen molar-refractivity contribution < 1.29 is 8.97 Å². The van der Waals surface area contributed by atoms with E-state index in [1.54, 1.807) is 0 Å². The average molecular weight is 200 g/mol. The topological polar surface area (TPSA) is 0 Å². The molecule has 14 heavy (non-hydrogen) atoms. The lowest BCUT2D eigenvalue weighted by Gasteiger charge is -2.32. The van der Waals surface area contributed by atoms with Gasteiger partial charge in [-0.2, -0.15) is 0 Å². The first-order valence-electron chi connectivity index (χ1n) is 5.35. The van der Waals surface area contributed by atoms with Crippen LogP contribution in [-0.4, -0.2) is 63.3 Å². The molecule has 84 valence electrons. The molecule has 0 saturated heterocycles. The minimum atomic E-state index is 0.573. The smallest absolute Gasteiger partial charge is 0.104 e. The van der Waals surface area contributed by atoms with Crippen LogP contribution in [0.2, 0.25) is 0 Å². The summed E-state index contributed by atoms with van der Waals surface area (Å²) in [6.45, 7) is 4.53. The summed E-state index contributed by atoms with van der Waals surface area (Å²) in [4.78, 5) is 0. The van der Waals surface area contributed by atoms with E-state index in [1.807, 2.05) is 0 Å². The molecule has 0 heterocycles. The van der Waals surface area contributed by atoms with Crippen molar-refractivity contribution in [2.75, 3.05) is 42.3 Å². The molecule has 0 fully saturated rings. The summed E-state index contributed by atoms with van der Waals surface area (Å²) in [6.07, 6.45) is 4.66. The summed E-state index contributed by atoms with van der Waals surface area (Å²) < 4.78 is 1.97. The van der Waals surface area contributed by atoms with E-state index in [4.69, 9.17) is 0 Å². The van der Waals surface area contributed by atoms with Gasteiger partial charge in [0.2, 0.25) is 0 Å². The van der Waals surface area contributed by atoms with E-state index >= 15 is 0 Å². The highest BCUT2D eigenvalue weighted by Crippen LogP contribution is 2.08. The third kappa shape index (κ3) is 4.77. The molecule has 2 unspecified atom stereocenters. The van der Waals surface area contributed by atoms with Crippen molar-refractivity contribution in [3.8, 4) is 0 Å². The zero-order valence-corrected chi connectivity index (χ0v) is 11.2. The van der Waals surface area contributed by atoms with Crippen LogP contribution in [-0.2, 0) is 0 Å². The molecule has 0 aromatic rings. The Kier molecular flexibility index (Phi) is 4.34. The standard InChI is InChI=1S/C12H28N2/c1-11(13(3,4)5)9-10-12(2)14(6,7)8/h9-12H,1-8H3/q+2/b10-9+. The molecule has 0 saturated carbocycles. The monoisotopic (exact) mass is 200 g/mol. The van der Waals surface area contributed by atoms with E-state index < -0.39 is 0 Å². The third-order valence-corrected chi connectivity index (χ3v) is 3.11. The molecule has 0 aromatic carbocycles. The SMILES string of the molecule is CC(/C=C/C(C)[N+](C)(C)C)[N+](C)(C)C. The Labute approximate surface area is 90.0 Å². The van der Waals surface area contributed by atoms with Crippen LogP contribution in [0, 0.1) is 0 Å². The second-order valence-corrected chi connectivity index (χ2v) is 6.10. The third-order valence-electron chi connectivity index (χ3n) is 3.11. The summed E-state index contributed by atoms with van der Waals surface area (Å²) >= 11 is 0. The molecule has 0 N–H and O–H groups in total. The zero-order valence-electron chi connectivity index (χ0n) is 11.2. The van der Waals surface area contributed by atoms with E-state index in [9.17, 15) is 0 Å². The van der Waals surface area contributed by atoms with Crippen LogP contribution in [0.5, 0.6) is 0 Å². The Morgan fingerprint density at radius 3 is 1.00 bits per heavy atom. The Hall–Kier alpha value is -0.340. The fraction of sp³-hybridized carbons (Fsp3) is 0.833. The average Bonchev–Trinajstić information content (AvgIpc) is 1.95. The number of hydrogen-bond acceptors (Lipinski definition) is 0. The minimum absolute atomic E-state index is 0.573. The van der Waals surface area contributed by atoms with Gasteiger partial charge in [0.1, 0.15) is 12.1 Å². The molecule has 0 amide bonds. The maximum absolute atomic E-state index is 2.33. The van der Waals surface area contributed by atoms with Crippen LogP contribution in [0.4, 0.5) is 0 Å². The van der Waals surface area contributed by atoms with Crippen LogP contribution in [0.1, 0.15) is 13.8 Å². The van der Waals surface area contributed by atoms with Gasteiger partial charge in [-0.1, -0.05) is 0 Å². The number of quaternary nitrogens is 2. The summed E-state index contributed by atoms with van der Waals surface area (Å²) in [7, 11) is 13.4. The van der Waals surface area contributed by atoms with Crippen molar-refractivity contribution in [2.24, 2.45) is 0 Å². The van der Waals surface area contributed by atoms with Gasteiger partial charge in [0.25, 0.3) is 0 Å². The number of likely N-dealkylation sites (N-methyl/N-ethyl adjacent to an activating group) is 2. The van der Waals surface area contributed by atoms with E-state index in [2.05, 4.69) is 68.3 Å². The van der Waals surface area contributed by atoms with Crippen LogP contribution in [0.25, 0.3) is 0 Å². The van der Waals surface area contributed by atoms with Crippen LogP contribution >= 0.6 is 0 Å². The molecule has 0 spiro atoms. The molecular weight excluding hydrogens is 172 g/mol. The normalized spacial score (nSPS) is 18.6. The van der Waals surface area contributed by atoms with Crippen molar-refractivity contribution in [3.63, 3.8) is 0 Å². The molecule has 2 nitrogen and oxygen atoms in total. The number of rotatable bonds is 4. The molecule has 0 aliphatic rings. The van der Waals surface area contributed by atoms with E-state index in [1.165, 1.54) is 0 Å². The fourth-order valence-corrected chi connectivity index (χ4v) is 0.838. The summed E-state index contributed by atoms with van der Waals surface area (Å²) in [5.41, 5.74) is 0. The predicted octanol–water partition coefficient (Wildman–Crippen LogP) is 1.73. The van der Waals surface area contributed by atoms with Crippen LogP contribution < -0.4 is 0 Å². The molecule has 0 aliphatic heterocycles. The van der Waals surface area contributed by atoms with Gasteiger partial charge in [-0.25, -0.2) is 0 Å². The first kappa shape index (κ1) is 13.7. The van der Waals surface area contributed by atoms with Gasteiger partial charge in [0, 0.05) is 0 Å². The fourth-order valence-electron chi connectivity index (χ4n) is 0.838. The van der Waals surface area contributed by atoms with Gasteiger partial charge in [-0.3, -0.25) is 0 Å². The largest absolute Gasteiger partial charge is 0.325 e. The van der Waals surface area contributed by atoms with Crippen molar-refractivity contribution in [3.05, 3.63) is 12.2 Å². The first-order chi connectivity index (χ1) is 6.05. The molecule has 0 radical (unpaired) electrons. The summed E-state index contributed by atoms with van der Waals surface area (Å²) in [6, 6.07) is 1.15. The van der Waals surface area contributed by atoms with Gasteiger partial charge in [0.05, 0.1) is 42.3 Å². The van der Waals surface area contributed by atoms with Gasteiger partial charge in [-0.05, 0) is 26.0 Å². The van der Waals surface area contributed by atoms with E-state index in [-0.39, 0.29) is 0 Å². The van der Waals surface area contributed by atoms with Crippen LogP contribution in [0.3, 0.4) is 0 Å². The Bertz CT molecular complexity index is 171. The second-order valence-electron chi connectivity index (χ2n) is 6.10. The van der Waals surface area contributed by atoms with Crippen LogP contribution in [0.15, 0.2) is 12.2 Å². The van der Waals surface area contributed by atoms with Crippen molar-refractivity contribution in [1.29, 1.82) is 0 Å². The Morgan fingerprint density at radius 1 is 0.643 bits per heavy atom. The van der Waals surface area contributed by atoms with Gasteiger partial charge in [-0.15, -0.1) is 0 Å². The van der Waals surface area contributed by atoms with E-state index in [0.29, 0.717) is 12.1 Å². The molecule has 0 bridgehead atoms. The van der Waals surface area contributed by atoms with E-state index in [0.717, 1.165) is 8.97 Å². The molecular formula is C12H28N2+2. The van der Waals surface area contributed by atoms with Crippen molar-refractivity contribution >= 4 is 0 Å². The number of nitrogens with zero attached hydrogens (tertiary/aromatic N) is 2. The maximum atomic E-state index is 2.33. The second kappa shape index (κ2) is 4.45. The number of hydrogen-bond donors (Lipinski definition) is 0. The molecule has 2 heteroatoms. The zero-order chi connectivity index (χ0) is 11.6. The lowest BCUT2D eigenvalue weighted by molar-refractivity contribution is -0.889. The highest BCUT2D eigenvalue weighted by atomic mass is 15.3. The van der Waals surface area contributed by atoms with Gasteiger partial charge < -0.3 is 8.97 Å². The van der Waals surface area contributed by atoms with Gasteiger partial charge >= 0.3 is 0 Å². The van der Waals surface area contributed by atoms with Crippen molar-refractivity contribution in [2.45, 2.75) is 25.9 Å².